The van der Waals surface area contributed by atoms with Crippen LogP contribution < -0.4 is 5.73 Å². The Kier molecular flexibility index (Phi) is 5.53. The molecule has 0 spiro atoms. The number of thioether (sulfide) groups is 1. The molecule has 0 amide bonds. The van der Waals surface area contributed by atoms with E-state index in [1.54, 1.807) is 0 Å². The van der Waals surface area contributed by atoms with Gasteiger partial charge in [0.25, 0.3) is 0 Å². The van der Waals surface area contributed by atoms with Crippen molar-refractivity contribution in [2.45, 2.75) is 25.7 Å². The van der Waals surface area contributed by atoms with Crippen molar-refractivity contribution in [1.82, 2.24) is 0 Å². The van der Waals surface area contributed by atoms with Gasteiger partial charge >= 0.3 is 0 Å². The summed E-state index contributed by atoms with van der Waals surface area (Å²) in [5.41, 5.74) is 5.34. The topological polar surface area (TPSA) is 26.0 Å². The van der Waals surface area contributed by atoms with Crippen LogP contribution in [0.4, 0.5) is 0 Å². The summed E-state index contributed by atoms with van der Waals surface area (Å²) in [7, 11) is 0. The van der Waals surface area contributed by atoms with Gasteiger partial charge in [-0.05, 0) is 24.5 Å². The summed E-state index contributed by atoms with van der Waals surface area (Å²) < 4.78 is 0. The summed E-state index contributed by atoms with van der Waals surface area (Å²) in [6, 6.07) is 0. The van der Waals surface area contributed by atoms with Crippen LogP contribution in [0.2, 0.25) is 0 Å². The Labute approximate surface area is 79.8 Å². The second-order valence-corrected chi connectivity index (χ2v) is 4.47. The fourth-order valence-corrected chi connectivity index (χ4v) is 2.72. The largest absolute Gasteiger partial charge is 0.327 e. The highest BCUT2D eigenvalue weighted by Gasteiger charge is 2.13. The molecule has 0 saturated heterocycles. The standard InChI is InChI=1S/C10H19NS/c11-7-3-4-8-12-9-10-5-1-2-6-10/h3-4,10H,1-2,5-9,11H2. The molecule has 0 bridgehead atoms. The minimum absolute atomic E-state index is 0.685. The van der Waals surface area contributed by atoms with Gasteiger partial charge in [0.2, 0.25) is 0 Å². The molecule has 0 heterocycles. The van der Waals surface area contributed by atoms with Crippen molar-refractivity contribution in [2.75, 3.05) is 18.1 Å². The molecule has 0 aromatic heterocycles. The fraction of sp³-hybridized carbons (Fsp3) is 0.800. The fourth-order valence-electron chi connectivity index (χ4n) is 1.64. The smallest absolute Gasteiger partial charge is 0.0113 e. The van der Waals surface area contributed by atoms with Gasteiger partial charge in [0.15, 0.2) is 0 Å². The summed E-state index contributed by atoms with van der Waals surface area (Å²) >= 11 is 2.05. The Morgan fingerprint density at radius 3 is 2.67 bits per heavy atom. The molecule has 0 aromatic rings. The van der Waals surface area contributed by atoms with E-state index >= 15 is 0 Å². The first-order chi connectivity index (χ1) is 5.93. The van der Waals surface area contributed by atoms with Crippen LogP contribution >= 0.6 is 11.8 Å². The molecule has 0 aliphatic heterocycles. The summed E-state index contributed by atoms with van der Waals surface area (Å²) in [4.78, 5) is 0. The van der Waals surface area contributed by atoms with E-state index in [1.807, 2.05) is 17.8 Å². The van der Waals surface area contributed by atoms with Crippen LogP contribution in [0.15, 0.2) is 12.2 Å². The van der Waals surface area contributed by atoms with Crippen LogP contribution in [0.1, 0.15) is 25.7 Å². The molecule has 0 unspecified atom stereocenters. The van der Waals surface area contributed by atoms with E-state index in [1.165, 1.54) is 31.4 Å². The van der Waals surface area contributed by atoms with Gasteiger partial charge in [-0.25, -0.2) is 0 Å². The Bertz CT molecular complexity index is 128. The van der Waals surface area contributed by atoms with Crippen LogP contribution in [-0.2, 0) is 0 Å². The zero-order valence-electron chi connectivity index (χ0n) is 7.67. The van der Waals surface area contributed by atoms with Gasteiger partial charge in [-0.1, -0.05) is 25.0 Å². The maximum atomic E-state index is 5.34. The molecule has 1 fully saturated rings. The number of hydrogen-bond donors (Lipinski definition) is 1. The third-order valence-electron chi connectivity index (χ3n) is 2.35. The van der Waals surface area contributed by atoms with E-state index in [0.717, 1.165) is 11.7 Å². The molecule has 12 heavy (non-hydrogen) atoms. The minimum atomic E-state index is 0.685. The first-order valence-electron chi connectivity index (χ1n) is 4.86. The lowest BCUT2D eigenvalue weighted by Crippen LogP contribution is -1.97. The van der Waals surface area contributed by atoms with Gasteiger partial charge in [-0.15, -0.1) is 0 Å². The molecular formula is C10H19NS. The number of nitrogens with two attached hydrogens (primary N) is 1. The van der Waals surface area contributed by atoms with Gasteiger partial charge in [0, 0.05) is 12.3 Å². The average Bonchev–Trinajstić information content (AvgIpc) is 2.57. The van der Waals surface area contributed by atoms with Gasteiger partial charge in [0.05, 0.1) is 0 Å². The Morgan fingerprint density at radius 1 is 1.25 bits per heavy atom. The quantitative estimate of drug-likeness (QED) is 0.526. The summed E-state index contributed by atoms with van der Waals surface area (Å²) in [6.45, 7) is 0.685. The maximum absolute atomic E-state index is 5.34. The monoisotopic (exact) mass is 185 g/mol. The van der Waals surface area contributed by atoms with Crippen molar-refractivity contribution >= 4 is 11.8 Å². The summed E-state index contributed by atoms with van der Waals surface area (Å²) in [6.07, 6.45) is 10.1. The third-order valence-corrected chi connectivity index (χ3v) is 3.48. The van der Waals surface area contributed by atoms with E-state index < -0.39 is 0 Å². The lowest BCUT2D eigenvalue weighted by Gasteiger charge is -2.05. The van der Waals surface area contributed by atoms with Gasteiger partial charge < -0.3 is 5.73 Å². The molecule has 1 aliphatic rings. The Balaban J connectivity index is 1.91. The van der Waals surface area contributed by atoms with E-state index in [0.29, 0.717) is 6.54 Å². The van der Waals surface area contributed by atoms with Gasteiger partial charge in [0.1, 0.15) is 0 Å². The maximum Gasteiger partial charge on any atom is 0.0113 e. The van der Waals surface area contributed by atoms with Crippen molar-refractivity contribution in [2.24, 2.45) is 11.7 Å². The highest BCUT2D eigenvalue weighted by atomic mass is 32.2. The lowest BCUT2D eigenvalue weighted by molar-refractivity contribution is 0.623. The average molecular weight is 185 g/mol. The van der Waals surface area contributed by atoms with Gasteiger partial charge in [-0.2, -0.15) is 11.8 Å². The van der Waals surface area contributed by atoms with Crippen LogP contribution in [-0.4, -0.2) is 18.1 Å². The molecular weight excluding hydrogens is 166 g/mol. The SMILES string of the molecule is NCC=CCSCC1CCCC1. The summed E-state index contributed by atoms with van der Waals surface area (Å²) in [5, 5.41) is 0. The van der Waals surface area contributed by atoms with Crippen molar-refractivity contribution in [3.05, 3.63) is 12.2 Å². The van der Waals surface area contributed by atoms with Crippen molar-refractivity contribution < 1.29 is 0 Å². The molecule has 1 nitrogen and oxygen atoms in total. The second-order valence-electron chi connectivity index (χ2n) is 3.40. The molecule has 1 aliphatic carbocycles. The van der Waals surface area contributed by atoms with Gasteiger partial charge in [-0.3, -0.25) is 0 Å². The first-order valence-corrected chi connectivity index (χ1v) is 6.01. The molecule has 0 radical (unpaired) electrons. The molecule has 0 atom stereocenters. The highest BCUT2D eigenvalue weighted by molar-refractivity contribution is 7.99. The van der Waals surface area contributed by atoms with Crippen LogP contribution in [0.5, 0.6) is 0 Å². The number of hydrogen-bond acceptors (Lipinski definition) is 2. The lowest BCUT2D eigenvalue weighted by atomic mass is 10.1. The molecule has 2 N–H and O–H groups in total. The molecule has 0 aromatic carbocycles. The van der Waals surface area contributed by atoms with Crippen molar-refractivity contribution in [3.8, 4) is 0 Å². The number of rotatable bonds is 5. The molecule has 1 saturated carbocycles. The highest BCUT2D eigenvalue weighted by Crippen LogP contribution is 2.27. The van der Waals surface area contributed by atoms with Crippen molar-refractivity contribution in [3.63, 3.8) is 0 Å². The normalized spacial score (nSPS) is 19.4. The van der Waals surface area contributed by atoms with Crippen LogP contribution in [0.3, 0.4) is 0 Å². The van der Waals surface area contributed by atoms with E-state index in [4.69, 9.17) is 5.73 Å². The zero-order chi connectivity index (χ0) is 8.65. The van der Waals surface area contributed by atoms with Crippen molar-refractivity contribution in [1.29, 1.82) is 0 Å². The Hall–Kier alpha value is 0.0500. The molecule has 70 valence electrons. The third kappa shape index (κ3) is 4.17. The van der Waals surface area contributed by atoms with Crippen LogP contribution in [0.25, 0.3) is 0 Å². The molecule has 1 rings (SSSR count). The minimum Gasteiger partial charge on any atom is -0.327 e. The van der Waals surface area contributed by atoms with E-state index in [9.17, 15) is 0 Å². The van der Waals surface area contributed by atoms with E-state index in [-0.39, 0.29) is 0 Å². The zero-order valence-corrected chi connectivity index (χ0v) is 8.48. The summed E-state index contributed by atoms with van der Waals surface area (Å²) in [5.74, 6) is 3.52. The first kappa shape index (κ1) is 10.1. The second kappa shape index (κ2) is 6.55. The predicted molar refractivity (Wildman–Crippen MR) is 57.5 cm³/mol. The van der Waals surface area contributed by atoms with E-state index in [2.05, 4.69) is 6.08 Å². The van der Waals surface area contributed by atoms with Crippen LogP contribution in [0, 0.1) is 5.92 Å². The molecule has 2 heteroatoms. The predicted octanol–water partition coefficient (Wildman–Crippen LogP) is 2.42. The Morgan fingerprint density at radius 2 is 2.00 bits per heavy atom.